The standard InChI is InChI=1S/C29H26O7/c1-5-34-22-12-15-26-24(16-22)28(18(2)35-26)29(31)36-20-9-6-19(7-10-20)8-14-25(30)23-13-11-21(32-3)17-27(23)33-4/h6-17H,5H2,1-4H3. The lowest BCUT2D eigenvalue weighted by molar-refractivity contribution is 0.0734. The first-order valence-corrected chi connectivity index (χ1v) is 11.4. The van der Waals surface area contributed by atoms with E-state index >= 15 is 0 Å². The van der Waals surface area contributed by atoms with Gasteiger partial charge >= 0.3 is 5.97 Å². The van der Waals surface area contributed by atoms with Crippen LogP contribution in [0, 0.1) is 6.92 Å². The first kappa shape index (κ1) is 24.6. The van der Waals surface area contributed by atoms with Gasteiger partial charge in [0.1, 0.15) is 39.9 Å². The molecule has 4 rings (SSSR count). The van der Waals surface area contributed by atoms with Crippen LogP contribution < -0.4 is 18.9 Å². The lowest BCUT2D eigenvalue weighted by atomic mass is 10.1. The third-order valence-electron chi connectivity index (χ3n) is 5.54. The van der Waals surface area contributed by atoms with Gasteiger partial charge in [-0.3, -0.25) is 4.79 Å². The third kappa shape index (κ3) is 5.25. The van der Waals surface area contributed by atoms with Crippen LogP contribution in [0.1, 0.15) is 39.0 Å². The van der Waals surface area contributed by atoms with E-state index in [1.807, 2.05) is 6.92 Å². The first-order valence-electron chi connectivity index (χ1n) is 11.4. The van der Waals surface area contributed by atoms with Crippen molar-refractivity contribution in [2.45, 2.75) is 13.8 Å². The molecule has 7 heteroatoms. The SMILES string of the molecule is CCOc1ccc2oc(C)c(C(=O)Oc3ccc(C=CC(=O)c4ccc(OC)cc4OC)cc3)c2c1. The Morgan fingerprint density at radius 2 is 1.61 bits per heavy atom. The molecule has 0 atom stereocenters. The molecule has 0 saturated carbocycles. The molecule has 0 amide bonds. The molecule has 184 valence electrons. The molecule has 36 heavy (non-hydrogen) atoms. The highest BCUT2D eigenvalue weighted by Crippen LogP contribution is 2.30. The smallest absolute Gasteiger partial charge is 0.347 e. The largest absolute Gasteiger partial charge is 0.497 e. The highest BCUT2D eigenvalue weighted by atomic mass is 16.5. The molecule has 1 aromatic heterocycles. The number of carbonyl (C=O) groups is 2. The van der Waals surface area contributed by atoms with Crippen LogP contribution in [-0.2, 0) is 0 Å². The molecule has 7 nitrogen and oxygen atoms in total. The number of ether oxygens (including phenoxy) is 4. The summed E-state index contributed by atoms with van der Waals surface area (Å²) in [7, 11) is 3.05. The zero-order valence-corrected chi connectivity index (χ0v) is 20.5. The second kappa shape index (κ2) is 10.8. The average Bonchev–Trinajstić information content (AvgIpc) is 3.22. The van der Waals surface area contributed by atoms with E-state index in [4.69, 9.17) is 23.4 Å². The predicted molar refractivity (Wildman–Crippen MR) is 136 cm³/mol. The molecule has 0 saturated heterocycles. The second-order valence-corrected chi connectivity index (χ2v) is 7.85. The van der Waals surface area contributed by atoms with E-state index in [9.17, 15) is 9.59 Å². The first-order chi connectivity index (χ1) is 17.4. The van der Waals surface area contributed by atoms with Crippen molar-refractivity contribution in [1.29, 1.82) is 0 Å². The van der Waals surface area contributed by atoms with Crippen LogP contribution >= 0.6 is 0 Å². The van der Waals surface area contributed by atoms with E-state index in [2.05, 4.69) is 0 Å². The van der Waals surface area contributed by atoms with Gasteiger partial charge in [0.25, 0.3) is 0 Å². The van der Waals surface area contributed by atoms with Crippen molar-refractivity contribution in [3.8, 4) is 23.0 Å². The number of esters is 1. The maximum Gasteiger partial charge on any atom is 0.347 e. The molecule has 1 heterocycles. The van der Waals surface area contributed by atoms with Crippen LogP contribution in [-0.4, -0.2) is 32.6 Å². The molecule has 0 aliphatic carbocycles. The van der Waals surface area contributed by atoms with E-state index in [0.29, 0.717) is 57.5 Å². The fourth-order valence-corrected chi connectivity index (χ4v) is 3.78. The van der Waals surface area contributed by atoms with Gasteiger partial charge in [0, 0.05) is 11.5 Å². The van der Waals surface area contributed by atoms with Gasteiger partial charge in [0.15, 0.2) is 5.78 Å². The molecule has 0 aliphatic heterocycles. The van der Waals surface area contributed by atoms with Gasteiger partial charge in [-0.25, -0.2) is 4.79 Å². The number of rotatable bonds is 9. The second-order valence-electron chi connectivity index (χ2n) is 7.85. The molecular weight excluding hydrogens is 460 g/mol. The Balaban J connectivity index is 1.47. The van der Waals surface area contributed by atoms with Gasteiger partial charge in [-0.1, -0.05) is 18.2 Å². The van der Waals surface area contributed by atoms with E-state index in [0.717, 1.165) is 5.56 Å². The van der Waals surface area contributed by atoms with Crippen molar-refractivity contribution in [1.82, 2.24) is 0 Å². The third-order valence-corrected chi connectivity index (χ3v) is 5.54. The molecule has 0 N–H and O–H groups in total. The Labute approximate surface area is 208 Å². The number of aryl methyl sites for hydroxylation is 1. The minimum Gasteiger partial charge on any atom is -0.497 e. The van der Waals surface area contributed by atoms with Gasteiger partial charge < -0.3 is 23.4 Å². The maximum absolute atomic E-state index is 12.9. The number of furan rings is 1. The summed E-state index contributed by atoms with van der Waals surface area (Å²) in [4.78, 5) is 25.6. The summed E-state index contributed by atoms with van der Waals surface area (Å²) in [6.45, 7) is 4.13. The van der Waals surface area contributed by atoms with Gasteiger partial charge in [-0.15, -0.1) is 0 Å². The monoisotopic (exact) mass is 486 g/mol. The van der Waals surface area contributed by atoms with Gasteiger partial charge in [0.05, 0.1) is 26.4 Å². The lowest BCUT2D eigenvalue weighted by Gasteiger charge is -2.08. The number of ketones is 1. The summed E-state index contributed by atoms with van der Waals surface area (Å²) in [5.74, 6) is 1.79. The van der Waals surface area contributed by atoms with Crippen molar-refractivity contribution >= 4 is 28.8 Å². The summed E-state index contributed by atoms with van der Waals surface area (Å²) in [6.07, 6.45) is 3.14. The number of carbonyl (C=O) groups excluding carboxylic acids is 2. The molecule has 0 fully saturated rings. The molecule has 0 spiro atoms. The Bertz CT molecular complexity index is 1430. The Hall–Kier alpha value is -4.52. The zero-order valence-electron chi connectivity index (χ0n) is 20.5. The van der Waals surface area contributed by atoms with Gasteiger partial charge in [-0.2, -0.15) is 0 Å². The Morgan fingerprint density at radius 1 is 0.889 bits per heavy atom. The zero-order chi connectivity index (χ0) is 25.7. The summed E-state index contributed by atoms with van der Waals surface area (Å²) in [5, 5.41) is 0.635. The van der Waals surface area contributed by atoms with E-state index in [-0.39, 0.29) is 5.78 Å². The van der Waals surface area contributed by atoms with Crippen molar-refractivity contribution in [3.05, 3.63) is 89.2 Å². The molecule has 3 aromatic carbocycles. The fourth-order valence-electron chi connectivity index (χ4n) is 3.78. The Kier molecular flexibility index (Phi) is 7.39. The van der Waals surface area contributed by atoms with E-state index in [1.165, 1.54) is 13.2 Å². The number of allylic oxidation sites excluding steroid dienone is 1. The van der Waals surface area contributed by atoms with Gasteiger partial charge in [0.2, 0.25) is 0 Å². The number of hydrogen-bond donors (Lipinski definition) is 0. The summed E-state index contributed by atoms with van der Waals surface area (Å²) >= 11 is 0. The highest BCUT2D eigenvalue weighted by Gasteiger charge is 2.21. The number of fused-ring (bicyclic) bond motifs is 1. The summed E-state index contributed by atoms with van der Waals surface area (Å²) < 4.78 is 27.3. The number of hydrogen-bond acceptors (Lipinski definition) is 7. The number of benzene rings is 3. The number of methoxy groups -OCH3 is 2. The normalized spacial score (nSPS) is 11.0. The fraction of sp³-hybridized carbons (Fsp3) is 0.172. The molecule has 0 unspecified atom stereocenters. The summed E-state index contributed by atoms with van der Waals surface area (Å²) in [5.41, 5.74) is 2.13. The minimum absolute atomic E-state index is 0.209. The van der Waals surface area contributed by atoms with E-state index in [1.54, 1.807) is 80.8 Å². The quantitative estimate of drug-likeness (QED) is 0.119. The molecule has 0 radical (unpaired) electrons. The average molecular weight is 487 g/mol. The highest BCUT2D eigenvalue weighted by molar-refractivity contribution is 6.09. The van der Waals surface area contributed by atoms with Crippen molar-refractivity contribution in [2.24, 2.45) is 0 Å². The van der Waals surface area contributed by atoms with Crippen LogP contribution in [0.25, 0.3) is 17.0 Å². The maximum atomic E-state index is 12.9. The Morgan fingerprint density at radius 3 is 2.31 bits per heavy atom. The topological polar surface area (TPSA) is 84.2 Å². The summed E-state index contributed by atoms with van der Waals surface area (Å²) in [6, 6.07) is 17.2. The van der Waals surface area contributed by atoms with Crippen LogP contribution in [0.2, 0.25) is 0 Å². The molecular formula is C29H26O7. The molecule has 0 bridgehead atoms. The van der Waals surface area contributed by atoms with Crippen LogP contribution in [0.4, 0.5) is 0 Å². The van der Waals surface area contributed by atoms with Crippen LogP contribution in [0.15, 0.2) is 71.2 Å². The van der Waals surface area contributed by atoms with Crippen LogP contribution in [0.5, 0.6) is 23.0 Å². The minimum atomic E-state index is -0.523. The lowest BCUT2D eigenvalue weighted by Crippen LogP contribution is -2.09. The van der Waals surface area contributed by atoms with E-state index < -0.39 is 5.97 Å². The van der Waals surface area contributed by atoms with Crippen molar-refractivity contribution < 1.29 is 33.0 Å². The van der Waals surface area contributed by atoms with Gasteiger partial charge in [-0.05, 0) is 68.0 Å². The van der Waals surface area contributed by atoms with Crippen LogP contribution in [0.3, 0.4) is 0 Å². The van der Waals surface area contributed by atoms with Crippen molar-refractivity contribution in [3.63, 3.8) is 0 Å². The predicted octanol–water partition coefficient (Wildman–Crippen LogP) is 6.27. The van der Waals surface area contributed by atoms with Crippen molar-refractivity contribution in [2.75, 3.05) is 20.8 Å². The molecule has 0 aliphatic rings. The molecule has 4 aromatic rings.